The fourth-order valence-electron chi connectivity index (χ4n) is 3.73. The van der Waals surface area contributed by atoms with Crippen LogP contribution in [0.3, 0.4) is 0 Å². The van der Waals surface area contributed by atoms with Crippen molar-refractivity contribution in [2.24, 2.45) is 0 Å². The van der Waals surface area contributed by atoms with Gasteiger partial charge in [-0.1, -0.05) is 12.1 Å². The Morgan fingerprint density at radius 2 is 2.12 bits per heavy atom. The van der Waals surface area contributed by atoms with Crippen molar-refractivity contribution in [2.45, 2.75) is 19.8 Å². The number of carbonyl (C=O) groups is 1. The molecule has 1 aliphatic heterocycles. The summed E-state index contributed by atoms with van der Waals surface area (Å²) in [5.41, 5.74) is 2.87. The second-order valence-corrected chi connectivity index (χ2v) is 9.03. The van der Waals surface area contributed by atoms with Gasteiger partial charge in [0.25, 0.3) is 0 Å². The van der Waals surface area contributed by atoms with Crippen LogP contribution in [-0.2, 0) is 9.53 Å². The maximum atomic E-state index is 14.3. The molecule has 3 aromatic rings. The van der Waals surface area contributed by atoms with Crippen LogP contribution in [0.1, 0.15) is 23.3 Å². The molecule has 8 heteroatoms. The fraction of sp³-hybridized carbons (Fsp3) is 0.360. The Morgan fingerprint density at radius 1 is 1.24 bits per heavy atom. The molecule has 0 spiro atoms. The summed E-state index contributed by atoms with van der Waals surface area (Å²) in [7, 11) is 1.66. The van der Waals surface area contributed by atoms with Crippen molar-refractivity contribution in [1.82, 2.24) is 15.2 Å². The van der Waals surface area contributed by atoms with E-state index < -0.39 is 0 Å². The lowest BCUT2D eigenvalue weighted by Gasteiger charge is -2.26. The van der Waals surface area contributed by atoms with E-state index in [1.807, 2.05) is 24.0 Å². The molecule has 6 nitrogen and oxygen atoms in total. The third kappa shape index (κ3) is 5.76. The maximum absolute atomic E-state index is 14.3. The normalized spacial score (nSPS) is 13.9. The summed E-state index contributed by atoms with van der Waals surface area (Å²) in [6.45, 7) is 5.18. The number of halogens is 1. The van der Waals surface area contributed by atoms with Gasteiger partial charge in [0.05, 0.1) is 16.8 Å². The van der Waals surface area contributed by atoms with Gasteiger partial charge in [-0.05, 0) is 42.7 Å². The highest BCUT2D eigenvalue weighted by Crippen LogP contribution is 2.39. The van der Waals surface area contributed by atoms with Crippen molar-refractivity contribution in [3.05, 3.63) is 58.9 Å². The summed E-state index contributed by atoms with van der Waals surface area (Å²) in [5, 5.41) is 3.21. The number of nitrogens with zero attached hydrogens (tertiary/aromatic N) is 2. The van der Waals surface area contributed by atoms with Crippen molar-refractivity contribution in [3.8, 4) is 11.5 Å². The first-order valence-electron chi connectivity index (χ1n) is 11.0. The smallest absolute Gasteiger partial charge is 0.224 e. The average molecular weight is 470 g/mol. The highest BCUT2D eigenvalue weighted by molar-refractivity contribution is 7.20. The molecule has 0 saturated heterocycles. The first-order valence-corrected chi connectivity index (χ1v) is 11.9. The van der Waals surface area contributed by atoms with Crippen LogP contribution in [0.5, 0.6) is 11.5 Å². The third-order valence-electron chi connectivity index (χ3n) is 5.56. The van der Waals surface area contributed by atoms with Gasteiger partial charge in [-0.25, -0.2) is 4.39 Å². The Balaban J connectivity index is 1.43. The summed E-state index contributed by atoms with van der Waals surface area (Å²) in [4.78, 5) is 19.9. The summed E-state index contributed by atoms with van der Waals surface area (Å²) in [5.74, 6) is 0.563. The number of ether oxygens (including phenoxy) is 2. The van der Waals surface area contributed by atoms with Gasteiger partial charge < -0.3 is 19.7 Å². The van der Waals surface area contributed by atoms with Crippen LogP contribution in [0, 0.1) is 12.7 Å². The van der Waals surface area contributed by atoms with E-state index in [-0.39, 0.29) is 17.5 Å². The Labute approximate surface area is 197 Å². The molecule has 0 fully saturated rings. The summed E-state index contributed by atoms with van der Waals surface area (Å²) in [6.07, 6.45) is 5.07. The number of benzene rings is 1. The molecular weight excluding hydrogens is 441 g/mol. The largest absolute Gasteiger partial charge is 0.453 e. The summed E-state index contributed by atoms with van der Waals surface area (Å²) < 4.78 is 26.1. The number of aromatic nitrogens is 1. The van der Waals surface area contributed by atoms with Crippen LogP contribution in [0.2, 0.25) is 0 Å². The van der Waals surface area contributed by atoms with Crippen LogP contribution in [0.15, 0.2) is 42.6 Å². The minimum absolute atomic E-state index is 0.157. The highest BCUT2D eigenvalue weighted by Gasteiger charge is 2.20. The molecule has 0 radical (unpaired) electrons. The number of thiophene rings is 1. The van der Waals surface area contributed by atoms with Gasteiger partial charge >= 0.3 is 0 Å². The molecule has 0 saturated carbocycles. The average Bonchev–Trinajstić information content (AvgIpc) is 3.26. The number of amides is 1. The van der Waals surface area contributed by atoms with E-state index >= 15 is 0 Å². The maximum Gasteiger partial charge on any atom is 0.224 e. The van der Waals surface area contributed by atoms with E-state index in [0.29, 0.717) is 38.4 Å². The van der Waals surface area contributed by atoms with Crippen LogP contribution < -0.4 is 10.1 Å². The fourth-order valence-corrected chi connectivity index (χ4v) is 4.87. The molecular formula is C25H28FN3O3S. The molecule has 1 N–H and O–H groups in total. The standard InChI is InChI=1S/C25H28FN3O3S/c1-17-3-4-21(19(26)15-17)32-22-5-10-28-20-16-23(33-25(20)22)18-7-12-29(13-8-18)24(30)6-9-27-11-14-31-2/h3-5,7,10,15-16,27H,6,8-9,11-14H2,1-2H3. The molecule has 1 aliphatic rings. The second-order valence-electron chi connectivity index (χ2n) is 7.98. The van der Waals surface area contributed by atoms with Crippen LogP contribution >= 0.6 is 11.3 Å². The van der Waals surface area contributed by atoms with Gasteiger partial charge in [0.2, 0.25) is 5.91 Å². The van der Waals surface area contributed by atoms with E-state index in [2.05, 4.69) is 16.4 Å². The van der Waals surface area contributed by atoms with Gasteiger partial charge in [0, 0.05) is 56.9 Å². The highest BCUT2D eigenvalue weighted by atomic mass is 32.1. The number of pyridine rings is 1. The van der Waals surface area contributed by atoms with E-state index in [4.69, 9.17) is 9.47 Å². The predicted molar refractivity (Wildman–Crippen MR) is 129 cm³/mol. The quantitative estimate of drug-likeness (QED) is 0.457. The lowest BCUT2D eigenvalue weighted by atomic mass is 10.1. The van der Waals surface area contributed by atoms with Crippen LogP contribution in [-0.4, -0.2) is 55.7 Å². The molecule has 0 unspecified atom stereocenters. The Kier molecular flexibility index (Phi) is 7.69. The van der Waals surface area contributed by atoms with Crippen molar-refractivity contribution >= 4 is 33.0 Å². The Hall–Kier alpha value is -2.81. The lowest BCUT2D eigenvalue weighted by Crippen LogP contribution is -2.36. The molecule has 4 rings (SSSR count). The number of nitrogens with one attached hydrogen (secondary N) is 1. The molecule has 0 atom stereocenters. The number of hydrogen-bond acceptors (Lipinski definition) is 6. The number of carbonyl (C=O) groups excluding carboxylic acids is 1. The zero-order valence-corrected chi connectivity index (χ0v) is 19.7. The minimum Gasteiger partial charge on any atom is -0.453 e. The van der Waals surface area contributed by atoms with Crippen molar-refractivity contribution in [1.29, 1.82) is 0 Å². The van der Waals surface area contributed by atoms with Gasteiger partial charge in [-0.2, -0.15) is 0 Å². The Morgan fingerprint density at radius 3 is 2.88 bits per heavy atom. The monoisotopic (exact) mass is 469 g/mol. The molecule has 33 heavy (non-hydrogen) atoms. The van der Waals surface area contributed by atoms with E-state index in [9.17, 15) is 9.18 Å². The van der Waals surface area contributed by atoms with Crippen LogP contribution in [0.25, 0.3) is 15.8 Å². The zero-order chi connectivity index (χ0) is 23.2. The van der Waals surface area contributed by atoms with E-state index in [0.717, 1.165) is 33.6 Å². The number of aryl methyl sites for hydroxylation is 1. The SMILES string of the molecule is COCCNCCC(=O)N1CC=C(c2cc3nccc(Oc4ccc(C)cc4F)c3s2)CC1. The molecule has 0 aliphatic carbocycles. The van der Waals surface area contributed by atoms with Gasteiger partial charge in [-0.15, -0.1) is 11.3 Å². The molecule has 0 bridgehead atoms. The predicted octanol–water partition coefficient (Wildman–Crippen LogP) is 4.78. The Bertz CT molecular complexity index is 1160. The summed E-state index contributed by atoms with van der Waals surface area (Å²) in [6, 6.07) is 8.74. The second kappa shape index (κ2) is 10.9. The number of hydrogen-bond donors (Lipinski definition) is 1. The molecule has 1 amide bonds. The van der Waals surface area contributed by atoms with Crippen molar-refractivity contribution in [3.63, 3.8) is 0 Å². The number of fused-ring (bicyclic) bond motifs is 1. The lowest BCUT2D eigenvalue weighted by molar-refractivity contribution is -0.130. The van der Waals surface area contributed by atoms with Crippen molar-refractivity contribution in [2.75, 3.05) is 39.9 Å². The van der Waals surface area contributed by atoms with E-state index in [1.54, 1.807) is 36.8 Å². The van der Waals surface area contributed by atoms with Gasteiger partial charge in [0.15, 0.2) is 11.6 Å². The minimum atomic E-state index is -0.384. The first kappa shape index (κ1) is 23.4. The third-order valence-corrected chi connectivity index (χ3v) is 6.77. The van der Waals surface area contributed by atoms with Gasteiger partial charge in [0.1, 0.15) is 5.75 Å². The zero-order valence-electron chi connectivity index (χ0n) is 18.9. The number of rotatable bonds is 9. The molecule has 1 aromatic carbocycles. The first-order chi connectivity index (χ1) is 16.0. The van der Waals surface area contributed by atoms with Gasteiger partial charge in [-0.3, -0.25) is 9.78 Å². The molecule has 2 aromatic heterocycles. The van der Waals surface area contributed by atoms with Crippen LogP contribution in [0.4, 0.5) is 4.39 Å². The molecule has 174 valence electrons. The molecule has 3 heterocycles. The topological polar surface area (TPSA) is 63.7 Å². The van der Waals surface area contributed by atoms with E-state index in [1.165, 1.54) is 11.6 Å². The number of methoxy groups -OCH3 is 1. The summed E-state index contributed by atoms with van der Waals surface area (Å²) >= 11 is 1.59. The van der Waals surface area contributed by atoms with Crippen molar-refractivity contribution < 1.29 is 18.7 Å².